The Morgan fingerprint density at radius 2 is 1.88 bits per heavy atom. The van der Waals surface area contributed by atoms with Crippen LogP contribution >= 0.6 is 36.2 Å². The molecule has 1 amide bonds. The summed E-state index contributed by atoms with van der Waals surface area (Å²) in [4.78, 5) is 21.9. The monoisotopic (exact) mass is 490 g/mol. The summed E-state index contributed by atoms with van der Waals surface area (Å²) in [5.41, 5.74) is 3.92. The second kappa shape index (κ2) is 9.47. The number of rotatable bonds is 4. The molecule has 0 fully saturated rings. The van der Waals surface area contributed by atoms with Gasteiger partial charge in [0.25, 0.3) is 5.91 Å². The molecule has 0 spiro atoms. The standard InChI is InChI=1S/C21H15FN6OS.2ClH/c1-12-7-24-21(30-12)27-20(29)16-4-2-13(6-17(16)22)18-10-23-19-5-3-14(11-28(18)19)15-8-25-26-9-15;;/h2-11H,1H3,(H,25,26)(H,24,27,29);2*1H. The molecule has 5 aromatic rings. The first-order valence-electron chi connectivity index (χ1n) is 9.08. The molecule has 0 aliphatic rings. The number of hydrogen-bond donors (Lipinski definition) is 2. The van der Waals surface area contributed by atoms with E-state index in [1.807, 2.05) is 29.7 Å². The van der Waals surface area contributed by atoms with Gasteiger partial charge in [0, 0.05) is 40.2 Å². The number of pyridine rings is 1. The Morgan fingerprint density at radius 1 is 1.06 bits per heavy atom. The van der Waals surface area contributed by atoms with E-state index < -0.39 is 11.7 Å². The Kier molecular flexibility index (Phi) is 6.93. The van der Waals surface area contributed by atoms with Crippen LogP contribution in [0.5, 0.6) is 0 Å². The highest BCUT2D eigenvalue weighted by Crippen LogP contribution is 2.26. The molecule has 2 N–H and O–H groups in total. The van der Waals surface area contributed by atoms with Crippen LogP contribution in [-0.2, 0) is 0 Å². The number of aromatic amines is 1. The summed E-state index contributed by atoms with van der Waals surface area (Å²) in [6.45, 7) is 1.89. The lowest BCUT2D eigenvalue weighted by Gasteiger charge is -2.07. The van der Waals surface area contributed by atoms with Crippen molar-refractivity contribution in [2.45, 2.75) is 6.92 Å². The van der Waals surface area contributed by atoms with Gasteiger partial charge in [-0.25, -0.2) is 14.4 Å². The Labute approximate surface area is 198 Å². The summed E-state index contributed by atoms with van der Waals surface area (Å²) in [6, 6.07) is 8.36. The fourth-order valence-corrected chi connectivity index (χ4v) is 3.87. The van der Waals surface area contributed by atoms with Crippen molar-refractivity contribution in [2.24, 2.45) is 0 Å². The van der Waals surface area contributed by atoms with Crippen molar-refractivity contribution in [1.29, 1.82) is 0 Å². The van der Waals surface area contributed by atoms with Gasteiger partial charge in [0.05, 0.1) is 23.7 Å². The Bertz CT molecular complexity index is 1380. The maximum atomic E-state index is 14.8. The van der Waals surface area contributed by atoms with Crippen LogP contribution < -0.4 is 5.32 Å². The van der Waals surface area contributed by atoms with Crippen LogP contribution in [0.3, 0.4) is 0 Å². The Hall–Kier alpha value is -3.27. The van der Waals surface area contributed by atoms with Crippen LogP contribution in [0.2, 0.25) is 0 Å². The van der Waals surface area contributed by atoms with Gasteiger partial charge < -0.3 is 0 Å². The smallest absolute Gasteiger partial charge is 0.260 e. The number of nitrogens with one attached hydrogen (secondary N) is 2. The zero-order chi connectivity index (χ0) is 20.7. The molecule has 0 unspecified atom stereocenters. The number of hydrogen-bond acceptors (Lipinski definition) is 5. The summed E-state index contributed by atoms with van der Waals surface area (Å²) in [5.74, 6) is -1.15. The molecule has 0 aliphatic carbocycles. The van der Waals surface area contributed by atoms with Crippen LogP contribution in [-0.4, -0.2) is 30.5 Å². The molecule has 0 saturated heterocycles. The molecule has 32 heavy (non-hydrogen) atoms. The van der Waals surface area contributed by atoms with E-state index in [9.17, 15) is 9.18 Å². The van der Waals surface area contributed by atoms with Gasteiger partial charge in [0.15, 0.2) is 5.13 Å². The molecule has 5 rings (SSSR count). The number of carbonyl (C=O) groups is 1. The molecule has 4 heterocycles. The number of amides is 1. The number of aromatic nitrogens is 5. The Balaban J connectivity index is 0.00000144. The van der Waals surface area contributed by atoms with Gasteiger partial charge in [-0.1, -0.05) is 6.07 Å². The first-order valence-corrected chi connectivity index (χ1v) is 9.90. The minimum Gasteiger partial charge on any atom is -0.299 e. The van der Waals surface area contributed by atoms with Crippen molar-refractivity contribution in [3.63, 3.8) is 0 Å². The predicted octanol–water partition coefficient (Wildman–Crippen LogP) is 5.39. The Morgan fingerprint density at radius 3 is 2.56 bits per heavy atom. The first kappa shape index (κ1) is 23.4. The average Bonchev–Trinajstić information content (AvgIpc) is 3.48. The van der Waals surface area contributed by atoms with Crippen LogP contribution in [0.1, 0.15) is 15.2 Å². The summed E-state index contributed by atoms with van der Waals surface area (Å²) in [7, 11) is 0. The van der Waals surface area contributed by atoms with E-state index in [1.165, 1.54) is 23.5 Å². The van der Waals surface area contributed by atoms with Crippen LogP contribution in [0.15, 0.2) is 61.3 Å². The van der Waals surface area contributed by atoms with E-state index in [0.717, 1.165) is 27.3 Å². The van der Waals surface area contributed by atoms with E-state index in [2.05, 4.69) is 25.5 Å². The maximum Gasteiger partial charge on any atom is 0.260 e. The molecule has 0 radical (unpaired) electrons. The highest BCUT2D eigenvalue weighted by atomic mass is 35.5. The van der Waals surface area contributed by atoms with E-state index in [-0.39, 0.29) is 30.4 Å². The zero-order valence-corrected chi connectivity index (χ0v) is 19.0. The molecule has 7 nitrogen and oxygen atoms in total. The fraction of sp³-hybridized carbons (Fsp3) is 0.0476. The minimum absolute atomic E-state index is 0. The molecule has 4 aromatic heterocycles. The summed E-state index contributed by atoms with van der Waals surface area (Å²) in [5, 5.41) is 9.84. The largest absolute Gasteiger partial charge is 0.299 e. The van der Waals surface area contributed by atoms with E-state index in [4.69, 9.17) is 0 Å². The topological polar surface area (TPSA) is 88.0 Å². The number of nitrogens with zero attached hydrogens (tertiary/aromatic N) is 4. The van der Waals surface area contributed by atoms with Crippen LogP contribution in [0.4, 0.5) is 9.52 Å². The van der Waals surface area contributed by atoms with Gasteiger partial charge in [-0.05, 0) is 31.2 Å². The lowest BCUT2D eigenvalue weighted by Crippen LogP contribution is -2.13. The van der Waals surface area contributed by atoms with Gasteiger partial charge in [-0.15, -0.1) is 36.2 Å². The second-order valence-corrected chi connectivity index (χ2v) is 7.94. The highest BCUT2D eigenvalue weighted by Gasteiger charge is 2.16. The first-order chi connectivity index (χ1) is 14.6. The molecule has 0 saturated carbocycles. The molecule has 1 aromatic carbocycles. The van der Waals surface area contributed by atoms with E-state index in [1.54, 1.807) is 30.9 Å². The quantitative estimate of drug-likeness (QED) is 0.353. The highest BCUT2D eigenvalue weighted by molar-refractivity contribution is 7.15. The maximum absolute atomic E-state index is 14.8. The normalized spacial score (nSPS) is 10.4. The van der Waals surface area contributed by atoms with Gasteiger partial charge >= 0.3 is 0 Å². The van der Waals surface area contributed by atoms with Crippen LogP contribution in [0.25, 0.3) is 28.0 Å². The SMILES string of the molecule is Cc1cnc(NC(=O)c2ccc(-c3cnc4ccc(-c5cn[nH]c5)cn34)cc2F)s1.Cl.Cl. The molecule has 164 valence electrons. The predicted molar refractivity (Wildman–Crippen MR) is 127 cm³/mol. The van der Waals surface area contributed by atoms with Crippen molar-refractivity contribution < 1.29 is 9.18 Å². The third-order valence-corrected chi connectivity index (χ3v) is 5.52. The molecule has 0 bridgehead atoms. The van der Waals surface area contributed by atoms with Crippen LogP contribution in [0, 0.1) is 12.7 Å². The number of carbonyl (C=O) groups excluding carboxylic acids is 1. The molecule has 0 atom stereocenters. The third-order valence-electron chi connectivity index (χ3n) is 4.69. The van der Waals surface area contributed by atoms with Gasteiger partial charge in [-0.3, -0.25) is 19.6 Å². The van der Waals surface area contributed by atoms with E-state index >= 15 is 0 Å². The molecule has 11 heteroatoms. The van der Waals surface area contributed by atoms with Crippen molar-refractivity contribution in [3.05, 3.63) is 77.6 Å². The second-order valence-electron chi connectivity index (χ2n) is 6.70. The third kappa shape index (κ3) is 4.36. The van der Waals surface area contributed by atoms with Gasteiger partial charge in [0.1, 0.15) is 11.5 Å². The molecule has 0 aliphatic heterocycles. The summed E-state index contributed by atoms with van der Waals surface area (Å²) >= 11 is 1.34. The summed E-state index contributed by atoms with van der Waals surface area (Å²) < 4.78 is 16.7. The summed E-state index contributed by atoms with van der Waals surface area (Å²) in [6.07, 6.45) is 8.79. The lowest BCUT2D eigenvalue weighted by molar-refractivity contribution is 0.102. The number of fused-ring (bicyclic) bond motifs is 1. The van der Waals surface area contributed by atoms with Gasteiger partial charge in [0.2, 0.25) is 0 Å². The number of halogens is 3. The molecular formula is C21H17Cl2FN6OS. The molecular weight excluding hydrogens is 474 g/mol. The fourth-order valence-electron chi connectivity index (χ4n) is 3.21. The van der Waals surface area contributed by atoms with Crippen molar-refractivity contribution in [1.82, 2.24) is 24.6 Å². The number of thiazole rings is 1. The number of H-pyrrole nitrogens is 1. The lowest BCUT2D eigenvalue weighted by atomic mass is 10.1. The number of imidazole rings is 1. The number of aryl methyl sites for hydroxylation is 1. The van der Waals surface area contributed by atoms with Crippen molar-refractivity contribution in [3.8, 4) is 22.4 Å². The zero-order valence-electron chi connectivity index (χ0n) is 16.6. The average molecular weight is 491 g/mol. The van der Waals surface area contributed by atoms with Crippen molar-refractivity contribution in [2.75, 3.05) is 5.32 Å². The number of anilines is 1. The minimum atomic E-state index is -0.612. The van der Waals surface area contributed by atoms with Crippen molar-refractivity contribution >= 4 is 52.8 Å². The van der Waals surface area contributed by atoms with Gasteiger partial charge in [-0.2, -0.15) is 5.10 Å². The number of benzene rings is 1. The van der Waals surface area contributed by atoms with E-state index in [0.29, 0.717) is 10.7 Å².